The quantitative estimate of drug-likeness (QED) is 0.501. The molecule has 0 bridgehead atoms. The summed E-state index contributed by atoms with van der Waals surface area (Å²) in [5.74, 6) is 1.43. The van der Waals surface area contributed by atoms with E-state index in [0.29, 0.717) is 49.1 Å². The molecule has 1 aliphatic heterocycles. The van der Waals surface area contributed by atoms with Crippen LogP contribution in [0.1, 0.15) is 51.1 Å². The van der Waals surface area contributed by atoms with Crippen LogP contribution in [0.3, 0.4) is 0 Å². The highest BCUT2D eigenvalue weighted by Crippen LogP contribution is 2.40. The number of carbonyl (C=O) groups is 2. The first-order chi connectivity index (χ1) is 16.4. The number of ether oxygens (including phenoxy) is 3. The van der Waals surface area contributed by atoms with Crippen molar-refractivity contribution >= 4 is 29.0 Å². The molecular weight excluding hydrogens is 452 g/mol. The summed E-state index contributed by atoms with van der Waals surface area (Å²) in [5.41, 5.74) is 2.70. The van der Waals surface area contributed by atoms with Gasteiger partial charge < -0.3 is 24.4 Å². The molecule has 3 aliphatic rings. The number of rotatable bonds is 10. The van der Waals surface area contributed by atoms with Gasteiger partial charge >= 0.3 is 0 Å². The lowest BCUT2D eigenvalue weighted by Gasteiger charge is -2.30. The van der Waals surface area contributed by atoms with Crippen LogP contribution in [0, 0.1) is 11.8 Å². The number of allylic oxidation sites excluding steroid dienone is 2. The van der Waals surface area contributed by atoms with Gasteiger partial charge in [0.05, 0.1) is 32.3 Å². The molecule has 4 rings (SSSR count). The van der Waals surface area contributed by atoms with Crippen LogP contribution in [0.25, 0.3) is 0 Å². The number of nitrogens with zero attached hydrogens (tertiary/aromatic N) is 1. The number of amides is 1. The summed E-state index contributed by atoms with van der Waals surface area (Å²) in [6.45, 7) is 5.23. The highest BCUT2D eigenvalue weighted by atomic mass is 32.1. The molecule has 1 fully saturated rings. The molecule has 1 N–H and O–H groups in total. The lowest BCUT2D eigenvalue weighted by atomic mass is 9.87. The topological polar surface area (TPSA) is 77.1 Å². The number of ketones is 1. The maximum Gasteiger partial charge on any atom is 0.227 e. The van der Waals surface area contributed by atoms with E-state index in [1.807, 2.05) is 37.4 Å². The van der Waals surface area contributed by atoms with Crippen molar-refractivity contribution in [1.82, 2.24) is 10.2 Å². The Hall–Kier alpha value is -2.87. The highest BCUT2D eigenvalue weighted by Gasteiger charge is 2.39. The number of carbonyl (C=O) groups excluding carboxylic acids is 2. The van der Waals surface area contributed by atoms with Crippen LogP contribution in [0.15, 0.2) is 41.7 Å². The third-order valence-electron chi connectivity index (χ3n) is 6.46. The van der Waals surface area contributed by atoms with Crippen molar-refractivity contribution < 1.29 is 23.8 Å². The number of fused-ring (bicyclic) bond motifs is 1. The van der Waals surface area contributed by atoms with Crippen LogP contribution < -0.4 is 14.8 Å². The van der Waals surface area contributed by atoms with Gasteiger partial charge in [-0.25, -0.2) is 0 Å². The molecule has 8 heteroatoms. The van der Waals surface area contributed by atoms with Gasteiger partial charge in [-0.1, -0.05) is 12.1 Å². The minimum atomic E-state index is -0.250. The SMILES string of the molecule is CCOc1cc([C@@H](CCOC(C)=S)N2C=C3C(NC(=O)C4CC4)=CCC(=O)C3C2)ccc1OC. The summed E-state index contributed by atoms with van der Waals surface area (Å²) >= 11 is 5.09. The van der Waals surface area contributed by atoms with E-state index in [4.69, 9.17) is 26.4 Å². The Kier molecular flexibility index (Phi) is 7.56. The molecule has 182 valence electrons. The van der Waals surface area contributed by atoms with Crippen LogP contribution >= 0.6 is 12.2 Å². The fourth-order valence-corrected chi connectivity index (χ4v) is 4.64. The van der Waals surface area contributed by atoms with Crippen molar-refractivity contribution in [2.75, 3.05) is 26.9 Å². The number of thiocarbonyl (C=S) groups is 1. The fourth-order valence-electron chi connectivity index (χ4n) is 4.55. The molecule has 34 heavy (non-hydrogen) atoms. The van der Waals surface area contributed by atoms with E-state index in [0.717, 1.165) is 29.7 Å². The standard InChI is InChI=1S/C26H32N2O5S/c1-4-32-25-13-18(7-10-24(25)31-3)22(11-12-33-16(2)34)28-14-19-20(15-28)23(29)9-8-21(19)27-26(30)17-5-6-17/h7-8,10,13-14,17,20,22H,4-6,9,11-12,15H2,1-3H3,(H,27,30)/t20?,22-/m1/s1. The summed E-state index contributed by atoms with van der Waals surface area (Å²) in [6, 6.07) is 5.85. The smallest absolute Gasteiger partial charge is 0.227 e. The summed E-state index contributed by atoms with van der Waals surface area (Å²) in [7, 11) is 1.62. The number of hydrogen-bond donors (Lipinski definition) is 1. The van der Waals surface area contributed by atoms with E-state index in [-0.39, 0.29) is 29.6 Å². The second-order valence-corrected chi connectivity index (χ2v) is 9.45. The highest BCUT2D eigenvalue weighted by molar-refractivity contribution is 7.80. The van der Waals surface area contributed by atoms with Crippen LogP contribution in [-0.2, 0) is 14.3 Å². The van der Waals surface area contributed by atoms with Gasteiger partial charge in [0.25, 0.3) is 0 Å². The summed E-state index contributed by atoms with van der Waals surface area (Å²) in [4.78, 5) is 27.4. The molecule has 1 aromatic rings. The first-order valence-electron chi connectivity index (χ1n) is 11.9. The second-order valence-electron chi connectivity index (χ2n) is 8.87. The number of hydrogen-bond acceptors (Lipinski definition) is 7. The lowest BCUT2D eigenvalue weighted by Crippen LogP contribution is -2.33. The van der Waals surface area contributed by atoms with Gasteiger partial charge in [-0.15, -0.1) is 0 Å². The Balaban J connectivity index is 1.62. The third-order valence-corrected chi connectivity index (χ3v) is 6.57. The Morgan fingerprint density at radius 2 is 2.09 bits per heavy atom. The maximum absolute atomic E-state index is 12.8. The molecule has 1 amide bonds. The van der Waals surface area contributed by atoms with Crippen LogP contribution in [0.4, 0.5) is 0 Å². The summed E-state index contributed by atoms with van der Waals surface area (Å²) in [6.07, 6.45) is 6.76. The van der Waals surface area contributed by atoms with Gasteiger partial charge in [0, 0.05) is 49.7 Å². The molecule has 2 aliphatic carbocycles. The van der Waals surface area contributed by atoms with Crippen molar-refractivity contribution in [3.63, 3.8) is 0 Å². The Bertz CT molecular complexity index is 1030. The lowest BCUT2D eigenvalue weighted by molar-refractivity contribution is -0.123. The van der Waals surface area contributed by atoms with E-state index in [9.17, 15) is 9.59 Å². The summed E-state index contributed by atoms with van der Waals surface area (Å²) in [5, 5.41) is 3.57. The first kappa shape index (κ1) is 24.3. The van der Waals surface area contributed by atoms with Crippen molar-refractivity contribution in [2.45, 2.75) is 45.6 Å². The Morgan fingerprint density at radius 1 is 1.29 bits per heavy atom. The predicted octanol–water partition coefficient (Wildman–Crippen LogP) is 4.09. The maximum atomic E-state index is 12.8. The molecule has 2 atom stereocenters. The van der Waals surface area contributed by atoms with Gasteiger partial charge in [-0.05, 0) is 49.7 Å². The molecule has 1 heterocycles. The largest absolute Gasteiger partial charge is 0.493 e. The number of methoxy groups -OCH3 is 1. The zero-order valence-corrected chi connectivity index (χ0v) is 20.8. The van der Waals surface area contributed by atoms with E-state index >= 15 is 0 Å². The molecule has 0 radical (unpaired) electrons. The minimum Gasteiger partial charge on any atom is -0.493 e. The zero-order chi connectivity index (χ0) is 24.2. The first-order valence-corrected chi connectivity index (χ1v) is 12.3. The molecule has 0 saturated heterocycles. The normalized spacial score (nSPS) is 20.1. The Morgan fingerprint density at radius 3 is 2.76 bits per heavy atom. The minimum absolute atomic E-state index is 0.0524. The summed E-state index contributed by atoms with van der Waals surface area (Å²) < 4.78 is 16.9. The number of benzene rings is 1. The van der Waals surface area contributed by atoms with Gasteiger partial charge in [0.2, 0.25) is 5.91 Å². The fraction of sp³-hybridized carbons (Fsp3) is 0.500. The van der Waals surface area contributed by atoms with E-state index in [2.05, 4.69) is 10.2 Å². The number of Topliss-reactive ketones (excluding diaryl/α,β-unsaturated/α-hetero) is 1. The van der Waals surface area contributed by atoms with Gasteiger partial charge in [0.1, 0.15) is 5.78 Å². The van der Waals surface area contributed by atoms with Crippen molar-refractivity contribution in [1.29, 1.82) is 0 Å². The van der Waals surface area contributed by atoms with Crippen LogP contribution in [0.2, 0.25) is 0 Å². The number of nitrogens with one attached hydrogen (secondary N) is 1. The van der Waals surface area contributed by atoms with Gasteiger partial charge in [0.15, 0.2) is 16.5 Å². The van der Waals surface area contributed by atoms with Crippen molar-refractivity contribution in [3.8, 4) is 11.5 Å². The van der Waals surface area contributed by atoms with Gasteiger partial charge in [-0.3, -0.25) is 9.59 Å². The predicted molar refractivity (Wildman–Crippen MR) is 133 cm³/mol. The molecule has 1 saturated carbocycles. The van der Waals surface area contributed by atoms with E-state index < -0.39 is 0 Å². The van der Waals surface area contributed by atoms with Gasteiger partial charge in [-0.2, -0.15) is 0 Å². The van der Waals surface area contributed by atoms with E-state index in [1.165, 1.54) is 0 Å². The zero-order valence-electron chi connectivity index (χ0n) is 20.0. The van der Waals surface area contributed by atoms with Crippen molar-refractivity contribution in [2.24, 2.45) is 11.8 Å². The average Bonchev–Trinajstić information content (AvgIpc) is 3.57. The molecule has 1 unspecified atom stereocenters. The van der Waals surface area contributed by atoms with Crippen molar-refractivity contribution in [3.05, 3.63) is 47.3 Å². The third kappa shape index (κ3) is 5.43. The van der Waals surface area contributed by atoms with Crippen LogP contribution in [-0.4, -0.2) is 48.5 Å². The average molecular weight is 485 g/mol. The molecule has 0 spiro atoms. The van der Waals surface area contributed by atoms with Crippen LogP contribution in [0.5, 0.6) is 11.5 Å². The Labute approximate surface area is 206 Å². The second kappa shape index (κ2) is 10.6. The molecule has 0 aromatic heterocycles. The molecular formula is C26H32N2O5S. The monoisotopic (exact) mass is 484 g/mol. The molecule has 1 aromatic carbocycles. The molecule has 7 nitrogen and oxygen atoms in total. The van der Waals surface area contributed by atoms with E-state index in [1.54, 1.807) is 14.0 Å².